The monoisotopic (exact) mass is 440 g/mol. The number of nitrogens with zero attached hydrogens (tertiary/aromatic N) is 4. The van der Waals surface area contributed by atoms with E-state index < -0.39 is 6.10 Å². The number of aliphatic hydroxyl groups excluding tert-OH is 1. The van der Waals surface area contributed by atoms with E-state index in [0.29, 0.717) is 5.69 Å². The molecular formula is C25H24N6O2. The number of aryl methyl sites for hydroxylation is 1. The van der Waals surface area contributed by atoms with Crippen molar-refractivity contribution in [3.05, 3.63) is 72.1 Å². The van der Waals surface area contributed by atoms with Crippen LogP contribution in [0.5, 0.6) is 0 Å². The highest BCUT2D eigenvalue weighted by atomic mass is 16.3. The molecule has 4 aromatic rings. The Bertz CT molecular complexity index is 1350. The molecule has 1 aliphatic rings. The Balaban J connectivity index is 1.40. The zero-order valence-corrected chi connectivity index (χ0v) is 18.4. The van der Waals surface area contributed by atoms with Crippen molar-refractivity contribution in [1.29, 1.82) is 0 Å². The van der Waals surface area contributed by atoms with Crippen molar-refractivity contribution in [3.8, 4) is 11.1 Å². The first-order chi connectivity index (χ1) is 16.0. The molecule has 4 aromatic heterocycles. The first-order valence-electron chi connectivity index (χ1n) is 10.9. The Hall–Kier alpha value is -3.91. The van der Waals surface area contributed by atoms with Crippen molar-refractivity contribution in [2.75, 3.05) is 17.7 Å². The zero-order chi connectivity index (χ0) is 22.9. The van der Waals surface area contributed by atoms with Gasteiger partial charge in [0.1, 0.15) is 11.5 Å². The predicted octanol–water partition coefficient (Wildman–Crippen LogP) is 4.13. The van der Waals surface area contributed by atoms with Crippen molar-refractivity contribution in [1.82, 2.24) is 19.9 Å². The maximum atomic E-state index is 12.8. The van der Waals surface area contributed by atoms with Crippen LogP contribution in [0.3, 0.4) is 0 Å². The number of aliphatic hydroxyl groups is 1. The van der Waals surface area contributed by atoms with Gasteiger partial charge in [-0.2, -0.15) is 0 Å². The minimum absolute atomic E-state index is 0.258. The summed E-state index contributed by atoms with van der Waals surface area (Å²) in [5, 5.41) is 17.2. The van der Waals surface area contributed by atoms with E-state index in [1.165, 1.54) is 0 Å². The lowest BCUT2D eigenvalue weighted by molar-refractivity contribution is 0.102. The SMILES string of the molecule is CNc1cc2ncc(-c3cc(NC(=O)c4cc(C(O)C5CC5)ccn4)cnc3C)cc2cn1. The fourth-order valence-electron chi connectivity index (χ4n) is 3.83. The highest BCUT2D eigenvalue weighted by Gasteiger charge is 2.31. The van der Waals surface area contributed by atoms with Crippen molar-refractivity contribution < 1.29 is 9.90 Å². The van der Waals surface area contributed by atoms with E-state index in [9.17, 15) is 9.90 Å². The van der Waals surface area contributed by atoms with Crippen LogP contribution in [-0.2, 0) is 0 Å². The van der Waals surface area contributed by atoms with Crippen LogP contribution in [0.2, 0.25) is 0 Å². The van der Waals surface area contributed by atoms with E-state index in [1.807, 2.05) is 32.2 Å². The van der Waals surface area contributed by atoms with Crippen molar-refractivity contribution >= 4 is 28.3 Å². The molecule has 0 saturated heterocycles. The Kier molecular flexibility index (Phi) is 5.43. The van der Waals surface area contributed by atoms with Gasteiger partial charge in [-0.25, -0.2) is 4.98 Å². The van der Waals surface area contributed by atoms with Gasteiger partial charge in [-0.1, -0.05) is 0 Å². The molecule has 1 atom stereocenters. The van der Waals surface area contributed by atoms with E-state index in [4.69, 9.17) is 0 Å². The van der Waals surface area contributed by atoms with Crippen LogP contribution in [-0.4, -0.2) is 38.0 Å². The van der Waals surface area contributed by atoms with Crippen LogP contribution in [0.25, 0.3) is 22.0 Å². The molecule has 0 bridgehead atoms. The second-order valence-electron chi connectivity index (χ2n) is 8.30. The summed E-state index contributed by atoms with van der Waals surface area (Å²) in [5.74, 6) is 0.687. The standard InChI is InChI=1S/C25H24N6O2/c1-14-20(17-7-18-12-30-23(26-2)10-21(18)29-11-17)9-19(13-28-14)31-25(33)22-8-16(5-6-27-22)24(32)15-3-4-15/h5-13,15,24,32H,3-4H2,1-2H3,(H,26,30)(H,31,33). The third kappa shape index (κ3) is 4.38. The summed E-state index contributed by atoms with van der Waals surface area (Å²) in [7, 11) is 1.82. The number of aromatic nitrogens is 4. The van der Waals surface area contributed by atoms with Gasteiger partial charge < -0.3 is 15.7 Å². The number of rotatable bonds is 6. The molecule has 166 valence electrons. The molecule has 33 heavy (non-hydrogen) atoms. The van der Waals surface area contributed by atoms with E-state index in [2.05, 4.69) is 30.6 Å². The molecule has 8 heteroatoms. The Morgan fingerprint density at radius 3 is 2.70 bits per heavy atom. The number of fused-ring (bicyclic) bond motifs is 1. The summed E-state index contributed by atoms with van der Waals surface area (Å²) in [6.45, 7) is 1.91. The van der Waals surface area contributed by atoms with Gasteiger partial charge in [-0.05, 0) is 55.5 Å². The van der Waals surface area contributed by atoms with Crippen LogP contribution in [0, 0.1) is 12.8 Å². The molecule has 1 unspecified atom stereocenters. The van der Waals surface area contributed by atoms with Crippen molar-refractivity contribution in [3.63, 3.8) is 0 Å². The van der Waals surface area contributed by atoms with Crippen molar-refractivity contribution in [2.45, 2.75) is 25.9 Å². The van der Waals surface area contributed by atoms with Crippen LogP contribution < -0.4 is 10.6 Å². The third-order valence-electron chi connectivity index (χ3n) is 5.90. The lowest BCUT2D eigenvalue weighted by Crippen LogP contribution is -2.15. The van der Waals surface area contributed by atoms with Crippen molar-refractivity contribution in [2.24, 2.45) is 5.92 Å². The topological polar surface area (TPSA) is 113 Å². The molecule has 1 fully saturated rings. The maximum Gasteiger partial charge on any atom is 0.274 e. The quantitative estimate of drug-likeness (QED) is 0.413. The summed E-state index contributed by atoms with van der Waals surface area (Å²) in [6.07, 6.45) is 8.23. The largest absolute Gasteiger partial charge is 0.388 e. The molecule has 0 aromatic carbocycles. The fraction of sp³-hybridized carbons (Fsp3) is 0.240. The zero-order valence-electron chi connectivity index (χ0n) is 18.4. The molecule has 4 heterocycles. The van der Waals surface area contributed by atoms with Crippen LogP contribution in [0.15, 0.2) is 55.1 Å². The minimum atomic E-state index is -0.550. The maximum absolute atomic E-state index is 12.8. The molecule has 8 nitrogen and oxygen atoms in total. The number of hydrogen-bond donors (Lipinski definition) is 3. The molecule has 3 N–H and O–H groups in total. The second-order valence-corrected chi connectivity index (χ2v) is 8.30. The number of amides is 1. The normalized spacial score (nSPS) is 14.2. The molecule has 5 rings (SSSR count). The Morgan fingerprint density at radius 2 is 1.91 bits per heavy atom. The summed E-state index contributed by atoms with van der Waals surface area (Å²) in [6, 6.07) is 9.19. The summed E-state index contributed by atoms with van der Waals surface area (Å²) < 4.78 is 0. The second kappa shape index (κ2) is 8.55. The van der Waals surface area contributed by atoms with Crippen LogP contribution in [0.4, 0.5) is 11.5 Å². The van der Waals surface area contributed by atoms with Gasteiger partial charge in [0.15, 0.2) is 0 Å². The lowest BCUT2D eigenvalue weighted by atomic mass is 10.0. The van der Waals surface area contributed by atoms with Crippen LogP contribution in [0.1, 0.15) is 40.7 Å². The number of pyridine rings is 4. The number of carbonyl (C=O) groups is 1. The van der Waals surface area contributed by atoms with Gasteiger partial charge in [0.05, 0.1) is 23.5 Å². The Morgan fingerprint density at radius 1 is 1.06 bits per heavy atom. The third-order valence-corrected chi connectivity index (χ3v) is 5.90. The Labute approximate surface area is 191 Å². The highest BCUT2D eigenvalue weighted by Crippen LogP contribution is 2.40. The van der Waals surface area contributed by atoms with E-state index in [0.717, 1.165) is 51.9 Å². The first kappa shape index (κ1) is 21.0. The van der Waals surface area contributed by atoms with Gasteiger partial charge in [0, 0.05) is 53.9 Å². The number of hydrogen-bond acceptors (Lipinski definition) is 7. The van der Waals surface area contributed by atoms with Gasteiger partial charge >= 0.3 is 0 Å². The van der Waals surface area contributed by atoms with E-state index in [-0.39, 0.29) is 17.5 Å². The molecule has 1 amide bonds. The molecule has 0 spiro atoms. The highest BCUT2D eigenvalue weighted by molar-refractivity contribution is 6.03. The number of carbonyl (C=O) groups excluding carboxylic acids is 1. The van der Waals surface area contributed by atoms with Crippen LogP contribution >= 0.6 is 0 Å². The molecule has 0 radical (unpaired) electrons. The summed E-state index contributed by atoms with van der Waals surface area (Å²) in [4.78, 5) is 30.4. The molecule has 1 saturated carbocycles. The lowest BCUT2D eigenvalue weighted by Gasteiger charge is -2.12. The molecule has 1 aliphatic carbocycles. The van der Waals surface area contributed by atoms with Gasteiger partial charge in [0.2, 0.25) is 0 Å². The smallest absolute Gasteiger partial charge is 0.274 e. The average molecular weight is 441 g/mol. The predicted molar refractivity (Wildman–Crippen MR) is 127 cm³/mol. The number of anilines is 2. The van der Waals surface area contributed by atoms with Gasteiger partial charge in [-0.15, -0.1) is 0 Å². The summed E-state index contributed by atoms with van der Waals surface area (Å²) >= 11 is 0. The van der Waals surface area contributed by atoms with Gasteiger partial charge in [0.25, 0.3) is 5.91 Å². The minimum Gasteiger partial charge on any atom is -0.388 e. The first-order valence-corrected chi connectivity index (χ1v) is 10.9. The number of nitrogens with one attached hydrogen (secondary N) is 2. The summed E-state index contributed by atoms with van der Waals surface area (Å²) in [5.41, 5.74) is 4.94. The fourth-order valence-corrected chi connectivity index (χ4v) is 3.83. The molecule has 0 aliphatic heterocycles. The van der Waals surface area contributed by atoms with Gasteiger partial charge in [-0.3, -0.25) is 19.7 Å². The van der Waals surface area contributed by atoms with E-state index in [1.54, 1.807) is 36.9 Å². The van der Waals surface area contributed by atoms with E-state index >= 15 is 0 Å². The molecular weight excluding hydrogens is 416 g/mol. The average Bonchev–Trinajstić information content (AvgIpc) is 3.70.